The SMILES string of the molecule is Nc1ccc(C(=O)Nc2ccc(-c3nc4ccccc4s3)cc2)cc1[N+](=O)[O-]. The Morgan fingerprint density at radius 1 is 1.07 bits per heavy atom. The number of anilines is 2. The summed E-state index contributed by atoms with van der Waals surface area (Å²) in [5.41, 5.74) is 7.92. The van der Waals surface area contributed by atoms with Crippen molar-refractivity contribution < 1.29 is 9.72 Å². The summed E-state index contributed by atoms with van der Waals surface area (Å²) in [5.74, 6) is -0.448. The number of rotatable bonds is 4. The Balaban J connectivity index is 1.54. The smallest absolute Gasteiger partial charge is 0.292 e. The number of hydrogen-bond donors (Lipinski definition) is 2. The molecular weight excluding hydrogens is 376 g/mol. The maximum atomic E-state index is 12.4. The third-order valence-electron chi connectivity index (χ3n) is 4.17. The lowest BCUT2D eigenvalue weighted by molar-refractivity contribution is -0.383. The number of hydrogen-bond acceptors (Lipinski definition) is 6. The highest BCUT2D eigenvalue weighted by Crippen LogP contribution is 2.30. The number of thiazole rings is 1. The van der Waals surface area contributed by atoms with Gasteiger partial charge in [-0.15, -0.1) is 11.3 Å². The molecule has 7 nitrogen and oxygen atoms in total. The van der Waals surface area contributed by atoms with E-state index < -0.39 is 10.8 Å². The molecule has 0 radical (unpaired) electrons. The zero-order chi connectivity index (χ0) is 19.7. The molecule has 3 N–H and O–H groups in total. The summed E-state index contributed by atoms with van der Waals surface area (Å²) in [6.45, 7) is 0. The highest BCUT2D eigenvalue weighted by molar-refractivity contribution is 7.21. The summed E-state index contributed by atoms with van der Waals surface area (Å²) >= 11 is 1.60. The van der Waals surface area contributed by atoms with Gasteiger partial charge in [-0.1, -0.05) is 12.1 Å². The Bertz CT molecular complexity index is 1170. The zero-order valence-corrected chi connectivity index (χ0v) is 15.3. The average molecular weight is 390 g/mol. The Kier molecular flexibility index (Phi) is 4.46. The fourth-order valence-corrected chi connectivity index (χ4v) is 3.71. The Morgan fingerprint density at radius 2 is 1.82 bits per heavy atom. The van der Waals surface area contributed by atoms with Crippen molar-refractivity contribution in [2.75, 3.05) is 11.1 Å². The predicted octanol–water partition coefficient (Wildman–Crippen LogP) is 4.71. The van der Waals surface area contributed by atoms with Gasteiger partial charge in [0.05, 0.1) is 15.1 Å². The van der Waals surface area contributed by atoms with E-state index in [-0.39, 0.29) is 16.9 Å². The van der Waals surface area contributed by atoms with Crippen LogP contribution in [0, 0.1) is 10.1 Å². The standard InChI is InChI=1S/C20H14N4O3S/c21-15-10-7-13(11-17(15)24(26)27)19(25)22-14-8-5-12(6-9-14)20-23-16-3-1-2-4-18(16)28-20/h1-11H,21H2,(H,22,25). The van der Waals surface area contributed by atoms with E-state index in [2.05, 4.69) is 10.3 Å². The average Bonchev–Trinajstić information content (AvgIpc) is 3.13. The van der Waals surface area contributed by atoms with Crippen LogP contribution in [-0.4, -0.2) is 15.8 Å². The minimum absolute atomic E-state index is 0.0155. The first-order valence-corrected chi connectivity index (χ1v) is 9.14. The number of fused-ring (bicyclic) bond motifs is 1. The second-order valence-corrected chi connectivity index (χ2v) is 7.08. The maximum Gasteiger partial charge on any atom is 0.292 e. The van der Waals surface area contributed by atoms with E-state index in [9.17, 15) is 14.9 Å². The lowest BCUT2D eigenvalue weighted by atomic mass is 10.1. The van der Waals surface area contributed by atoms with Crippen LogP contribution < -0.4 is 11.1 Å². The molecule has 4 rings (SSSR count). The van der Waals surface area contributed by atoms with Gasteiger partial charge >= 0.3 is 0 Å². The minimum Gasteiger partial charge on any atom is -0.393 e. The van der Waals surface area contributed by atoms with E-state index in [1.807, 2.05) is 36.4 Å². The number of nitrogens with two attached hydrogens (primary N) is 1. The molecule has 0 bridgehead atoms. The molecule has 1 aromatic heterocycles. The fourth-order valence-electron chi connectivity index (χ4n) is 2.74. The summed E-state index contributed by atoms with van der Waals surface area (Å²) < 4.78 is 1.11. The molecule has 8 heteroatoms. The van der Waals surface area contributed by atoms with Crippen LogP contribution >= 0.6 is 11.3 Å². The number of benzene rings is 3. The van der Waals surface area contributed by atoms with Crippen molar-refractivity contribution in [1.29, 1.82) is 0 Å². The van der Waals surface area contributed by atoms with Crippen LogP contribution in [0.4, 0.5) is 17.1 Å². The van der Waals surface area contributed by atoms with Crippen molar-refractivity contribution in [3.63, 3.8) is 0 Å². The van der Waals surface area contributed by atoms with Gasteiger partial charge in [0.25, 0.3) is 11.6 Å². The molecule has 0 spiro atoms. The molecule has 0 aliphatic rings. The molecule has 28 heavy (non-hydrogen) atoms. The van der Waals surface area contributed by atoms with E-state index in [1.54, 1.807) is 23.5 Å². The first-order valence-electron chi connectivity index (χ1n) is 8.32. The van der Waals surface area contributed by atoms with E-state index in [0.29, 0.717) is 5.69 Å². The monoisotopic (exact) mass is 390 g/mol. The number of nitrogen functional groups attached to an aromatic ring is 1. The number of amides is 1. The van der Waals surface area contributed by atoms with Gasteiger partial charge < -0.3 is 11.1 Å². The number of nitro benzene ring substituents is 1. The summed E-state index contributed by atoms with van der Waals surface area (Å²) in [6.07, 6.45) is 0. The molecule has 4 aromatic rings. The number of para-hydroxylation sites is 1. The molecule has 0 saturated carbocycles. The predicted molar refractivity (Wildman–Crippen MR) is 111 cm³/mol. The Labute approximate surface area is 163 Å². The van der Waals surface area contributed by atoms with Crippen LogP contribution in [0.25, 0.3) is 20.8 Å². The number of nitrogens with zero attached hydrogens (tertiary/aromatic N) is 2. The summed E-state index contributed by atoms with van der Waals surface area (Å²) in [4.78, 5) is 27.4. The minimum atomic E-state index is -0.612. The van der Waals surface area contributed by atoms with Gasteiger partial charge in [0.2, 0.25) is 0 Å². The van der Waals surface area contributed by atoms with Crippen LogP contribution in [0.3, 0.4) is 0 Å². The van der Waals surface area contributed by atoms with Gasteiger partial charge in [-0.25, -0.2) is 4.98 Å². The van der Waals surface area contributed by atoms with Crippen molar-refractivity contribution in [2.24, 2.45) is 0 Å². The second kappa shape index (κ2) is 7.09. The van der Waals surface area contributed by atoms with Crippen molar-refractivity contribution in [3.05, 3.63) is 82.4 Å². The van der Waals surface area contributed by atoms with Gasteiger partial charge in [0.15, 0.2) is 0 Å². The van der Waals surface area contributed by atoms with Gasteiger partial charge in [-0.3, -0.25) is 14.9 Å². The molecular formula is C20H14N4O3S. The van der Waals surface area contributed by atoms with Crippen LogP contribution in [0.2, 0.25) is 0 Å². The molecule has 0 unspecified atom stereocenters. The highest BCUT2D eigenvalue weighted by atomic mass is 32.1. The molecule has 138 valence electrons. The first-order chi connectivity index (χ1) is 13.5. The maximum absolute atomic E-state index is 12.4. The van der Waals surface area contributed by atoms with Gasteiger partial charge in [-0.2, -0.15) is 0 Å². The van der Waals surface area contributed by atoms with Crippen LogP contribution in [0.5, 0.6) is 0 Å². The van der Waals surface area contributed by atoms with Crippen molar-refractivity contribution >= 4 is 44.5 Å². The number of nitrogens with one attached hydrogen (secondary N) is 1. The molecule has 1 heterocycles. The van der Waals surface area contributed by atoms with Crippen LogP contribution in [-0.2, 0) is 0 Å². The number of carbonyl (C=O) groups excluding carboxylic acids is 1. The fraction of sp³-hybridized carbons (Fsp3) is 0. The van der Waals surface area contributed by atoms with E-state index in [4.69, 9.17) is 5.73 Å². The molecule has 0 aliphatic carbocycles. The largest absolute Gasteiger partial charge is 0.393 e. The molecule has 3 aromatic carbocycles. The number of nitro groups is 1. The molecule has 0 atom stereocenters. The van der Waals surface area contributed by atoms with Gasteiger partial charge in [-0.05, 0) is 48.5 Å². The third kappa shape index (κ3) is 3.40. The van der Waals surface area contributed by atoms with Gasteiger partial charge in [0, 0.05) is 22.9 Å². The van der Waals surface area contributed by atoms with Crippen molar-refractivity contribution in [3.8, 4) is 10.6 Å². The quantitative estimate of drug-likeness (QED) is 0.298. The summed E-state index contributed by atoms with van der Waals surface area (Å²) in [7, 11) is 0. The van der Waals surface area contributed by atoms with E-state index in [1.165, 1.54) is 18.2 Å². The first kappa shape index (κ1) is 17.6. The normalized spacial score (nSPS) is 10.7. The highest BCUT2D eigenvalue weighted by Gasteiger charge is 2.16. The molecule has 0 saturated heterocycles. The second-order valence-electron chi connectivity index (χ2n) is 6.05. The summed E-state index contributed by atoms with van der Waals surface area (Å²) in [6, 6.07) is 19.2. The summed E-state index contributed by atoms with van der Waals surface area (Å²) in [5, 5.41) is 14.6. The molecule has 0 fully saturated rings. The molecule has 1 amide bonds. The van der Waals surface area contributed by atoms with Crippen molar-refractivity contribution in [2.45, 2.75) is 0 Å². The van der Waals surface area contributed by atoms with Crippen LogP contribution in [0.15, 0.2) is 66.7 Å². The van der Waals surface area contributed by atoms with E-state index >= 15 is 0 Å². The molecule has 0 aliphatic heterocycles. The van der Waals surface area contributed by atoms with Crippen LogP contribution in [0.1, 0.15) is 10.4 Å². The number of aromatic nitrogens is 1. The lowest BCUT2D eigenvalue weighted by Crippen LogP contribution is -2.12. The topological polar surface area (TPSA) is 111 Å². The zero-order valence-electron chi connectivity index (χ0n) is 14.5. The van der Waals surface area contributed by atoms with Crippen molar-refractivity contribution in [1.82, 2.24) is 4.98 Å². The Hall–Kier alpha value is -3.78. The lowest BCUT2D eigenvalue weighted by Gasteiger charge is -2.06. The Morgan fingerprint density at radius 3 is 2.54 bits per heavy atom. The number of carbonyl (C=O) groups is 1. The third-order valence-corrected chi connectivity index (χ3v) is 5.26. The van der Waals surface area contributed by atoms with Gasteiger partial charge in [0.1, 0.15) is 10.7 Å². The van der Waals surface area contributed by atoms with E-state index in [0.717, 1.165) is 20.8 Å².